The molecular formula is C17H26N2O3. The number of rotatable bonds is 5. The van der Waals surface area contributed by atoms with Crippen LogP contribution in [-0.4, -0.2) is 29.6 Å². The molecule has 0 fully saturated rings. The average Bonchev–Trinajstić information content (AvgIpc) is 2.45. The number of hydrogen-bond acceptors (Lipinski definition) is 3. The summed E-state index contributed by atoms with van der Waals surface area (Å²) in [5, 5.41) is 14.5. The summed E-state index contributed by atoms with van der Waals surface area (Å²) in [5.41, 5.74) is 1.63. The molecular weight excluding hydrogens is 280 g/mol. The Balaban J connectivity index is 2.62. The lowest BCUT2D eigenvalue weighted by molar-refractivity contribution is -0.136. The minimum Gasteiger partial charge on any atom is -0.394 e. The van der Waals surface area contributed by atoms with Gasteiger partial charge in [0.2, 0.25) is 0 Å². The lowest BCUT2D eigenvalue weighted by Gasteiger charge is -2.25. The zero-order valence-electron chi connectivity index (χ0n) is 13.8. The van der Waals surface area contributed by atoms with Gasteiger partial charge in [-0.2, -0.15) is 0 Å². The number of anilines is 1. The lowest BCUT2D eigenvalue weighted by Crippen LogP contribution is -2.45. The van der Waals surface area contributed by atoms with Crippen molar-refractivity contribution < 1.29 is 14.7 Å². The van der Waals surface area contributed by atoms with Crippen molar-refractivity contribution in [1.29, 1.82) is 0 Å². The quantitative estimate of drug-likeness (QED) is 0.729. The molecule has 0 aliphatic carbocycles. The van der Waals surface area contributed by atoms with Crippen LogP contribution in [0.25, 0.3) is 0 Å². The summed E-state index contributed by atoms with van der Waals surface area (Å²) in [5.74, 6) is -1.45. The fourth-order valence-corrected chi connectivity index (χ4v) is 2.21. The number of aliphatic hydroxyl groups is 1. The highest BCUT2D eigenvalue weighted by Gasteiger charge is 2.22. The zero-order chi connectivity index (χ0) is 16.8. The Bertz CT molecular complexity index is 521. The second-order valence-corrected chi connectivity index (χ2v) is 6.63. The molecule has 1 unspecified atom stereocenters. The van der Waals surface area contributed by atoms with Gasteiger partial charge in [0.1, 0.15) is 0 Å². The van der Waals surface area contributed by atoms with E-state index in [1.165, 1.54) is 0 Å². The Morgan fingerprint density at radius 1 is 1.23 bits per heavy atom. The van der Waals surface area contributed by atoms with E-state index in [1.807, 2.05) is 45.9 Å². The molecule has 5 nitrogen and oxygen atoms in total. The van der Waals surface area contributed by atoms with Gasteiger partial charge in [0.15, 0.2) is 0 Å². The molecule has 0 saturated heterocycles. The van der Waals surface area contributed by atoms with Gasteiger partial charge in [0.05, 0.1) is 12.6 Å². The van der Waals surface area contributed by atoms with E-state index in [4.69, 9.17) is 0 Å². The molecule has 0 bridgehead atoms. The van der Waals surface area contributed by atoms with Crippen LogP contribution in [-0.2, 0) is 16.0 Å². The zero-order valence-corrected chi connectivity index (χ0v) is 13.8. The van der Waals surface area contributed by atoms with Crippen molar-refractivity contribution in [2.75, 3.05) is 11.9 Å². The molecule has 1 aromatic rings. The summed E-state index contributed by atoms with van der Waals surface area (Å²) in [6.45, 7) is 7.86. The van der Waals surface area contributed by atoms with Gasteiger partial charge in [-0.3, -0.25) is 9.59 Å². The number of aryl methyl sites for hydroxylation is 1. The van der Waals surface area contributed by atoms with Crippen LogP contribution in [0.3, 0.4) is 0 Å². The second-order valence-electron chi connectivity index (χ2n) is 6.63. The van der Waals surface area contributed by atoms with Crippen LogP contribution in [0.4, 0.5) is 5.69 Å². The van der Waals surface area contributed by atoms with Crippen LogP contribution in [0.15, 0.2) is 24.3 Å². The largest absolute Gasteiger partial charge is 0.394 e. The maximum Gasteiger partial charge on any atom is 0.313 e. The Labute approximate surface area is 132 Å². The van der Waals surface area contributed by atoms with Crippen LogP contribution in [0.1, 0.15) is 39.7 Å². The van der Waals surface area contributed by atoms with Gasteiger partial charge in [-0.1, -0.05) is 39.8 Å². The molecule has 0 radical (unpaired) electrons. The third kappa shape index (κ3) is 6.26. The first kappa shape index (κ1) is 18.2. The third-order valence-electron chi connectivity index (χ3n) is 3.21. The lowest BCUT2D eigenvalue weighted by atomic mass is 9.88. The molecule has 0 aliphatic rings. The minimum atomic E-state index is -0.731. The predicted octanol–water partition coefficient (Wildman–Crippen LogP) is 2.10. The molecule has 0 aliphatic heterocycles. The molecule has 1 aromatic carbocycles. The van der Waals surface area contributed by atoms with Crippen molar-refractivity contribution >= 4 is 17.5 Å². The van der Waals surface area contributed by atoms with Crippen LogP contribution in [0, 0.1) is 5.41 Å². The first-order chi connectivity index (χ1) is 10.2. The number of hydrogen-bond donors (Lipinski definition) is 3. The molecule has 3 N–H and O–H groups in total. The van der Waals surface area contributed by atoms with Crippen molar-refractivity contribution in [3.05, 3.63) is 29.8 Å². The number of aliphatic hydroxyl groups excluding tert-OH is 1. The van der Waals surface area contributed by atoms with Crippen molar-refractivity contribution in [3.63, 3.8) is 0 Å². The first-order valence-electron chi connectivity index (χ1n) is 7.57. The van der Waals surface area contributed by atoms with Gasteiger partial charge in [0, 0.05) is 5.69 Å². The van der Waals surface area contributed by atoms with Crippen LogP contribution in [0.2, 0.25) is 0 Å². The van der Waals surface area contributed by atoms with Gasteiger partial charge >= 0.3 is 11.8 Å². The molecule has 1 atom stereocenters. The van der Waals surface area contributed by atoms with Crippen LogP contribution < -0.4 is 10.6 Å². The van der Waals surface area contributed by atoms with Crippen LogP contribution in [0.5, 0.6) is 0 Å². The summed E-state index contributed by atoms with van der Waals surface area (Å²) < 4.78 is 0. The highest BCUT2D eigenvalue weighted by atomic mass is 16.3. The van der Waals surface area contributed by atoms with Crippen LogP contribution >= 0.6 is 0 Å². The van der Waals surface area contributed by atoms with E-state index in [-0.39, 0.29) is 12.0 Å². The molecule has 0 aromatic heterocycles. The van der Waals surface area contributed by atoms with Gasteiger partial charge in [0.25, 0.3) is 0 Å². The van der Waals surface area contributed by atoms with E-state index in [9.17, 15) is 14.7 Å². The Morgan fingerprint density at radius 3 is 2.45 bits per heavy atom. The average molecular weight is 306 g/mol. The first-order valence-corrected chi connectivity index (χ1v) is 7.57. The molecule has 5 heteroatoms. The van der Waals surface area contributed by atoms with E-state index in [1.54, 1.807) is 6.07 Å². The van der Waals surface area contributed by atoms with E-state index in [2.05, 4.69) is 10.6 Å². The molecule has 122 valence electrons. The van der Waals surface area contributed by atoms with Crippen molar-refractivity contribution in [2.45, 2.75) is 46.6 Å². The number of nitrogens with one attached hydrogen (secondary N) is 2. The second kappa shape index (κ2) is 7.94. The van der Waals surface area contributed by atoms with Gasteiger partial charge < -0.3 is 15.7 Å². The third-order valence-corrected chi connectivity index (χ3v) is 3.21. The number of carbonyl (C=O) groups is 2. The Morgan fingerprint density at radius 2 is 1.91 bits per heavy atom. The fraction of sp³-hybridized carbons (Fsp3) is 0.529. The highest BCUT2D eigenvalue weighted by Crippen LogP contribution is 2.20. The normalized spacial score (nSPS) is 12.6. The van der Waals surface area contributed by atoms with E-state index in [0.717, 1.165) is 12.0 Å². The van der Waals surface area contributed by atoms with Crippen molar-refractivity contribution in [1.82, 2.24) is 5.32 Å². The van der Waals surface area contributed by atoms with Gasteiger partial charge in [-0.05, 0) is 36.0 Å². The van der Waals surface area contributed by atoms with Crippen molar-refractivity contribution in [3.8, 4) is 0 Å². The fourth-order valence-electron chi connectivity index (χ4n) is 2.21. The highest BCUT2D eigenvalue weighted by molar-refractivity contribution is 6.39. The van der Waals surface area contributed by atoms with E-state index >= 15 is 0 Å². The molecule has 0 spiro atoms. The molecule has 0 saturated carbocycles. The Hall–Kier alpha value is -1.88. The summed E-state index contributed by atoms with van der Waals surface area (Å²) in [6.07, 6.45) is 1.45. The monoisotopic (exact) mass is 306 g/mol. The van der Waals surface area contributed by atoms with Gasteiger partial charge in [-0.15, -0.1) is 0 Å². The summed E-state index contributed by atoms with van der Waals surface area (Å²) >= 11 is 0. The number of carbonyl (C=O) groups excluding carboxylic acids is 2. The Kier molecular flexibility index (Phi) is 6.56. The molecule has 22 heavy (non-hydrogen) atoms. The SMILES string of the molecule is CCc1cccc(NC(=O)C(=O)NC(CO)CC(C)(C)C)c1. The topological polar surface area (TPSA) is 78.4 Å². The standard InChI is InChI=1S/C17H26N2O3/c1-5-12-7-6-8-13(9-12)18-15(21)16(22)19-14(11-20)10-17(2,3)4/h6-9,14,20H,5,10-11H2,1-4H3,(H,18,21)(H,19,22). The number of amides is 2. The summed E-state index contributed by atoms with van der Waals surface area (Å²) in [7, 11) is 0. The summed E-state index contributed by atoms with van der Waals surface area (Å²) in [4.78, 5) is 23.8. The van der Waals surface area contributed by atoms with E-state index < -0.39 is 17.9 Å². The minimum absolute atomic E-state index is 0.0490. The smallest absolute Gasteiger partial charge is 0.313 e. The maximum atomic E-state index is 11.9. The number of benzene rings is 1. The van der Waals surface area contributed by atoms with Gasteiger partial charge in [-0.25, -0.2) is 0 Å². The predicted molar refractivity (Wildman–Crippen MR) is 87.5 cm³/mol. The maximum absolute atomic E-state index is 11.9. The summed E-state index contributed by atoms with van der Waals surface area (Å²) in [6, 6.07) is 6.94. The van der Waals surface area contributed by atoms with E-state index in [0.29, 0.717) is 12.1 Å². The molecule has 0 heterocycles. The van der Waals surface area contributed by atoms with Crippen molar-refractivity contribution in [2.24, 2.45) is 5.41 Å². The molecule has 1 rings (SSSR count). The molecule has 2 amide bonds.